The van der Waals surface area contributed by atoms with Crippen molar-refractivity contribution < 1.29 is 18.3 Å². The highest BCUT2D eigenvalue weighted by Crippen LogP contribution is 2.35. The van der Waals surface area contributed by atoms with E-state index in [1.807, 2.05) is 18.5 Å². The standard InChI is InChI=1S/C19H16F2IN3O2S/c1-11-7-17(26-2)15(14-5-6-25(28-22)18(11)14)10-24-9-12-3-4-13(27-19(20)21)8-16(12)23-24/h3-9,19H,10H2,1-2H3. The number of benzene rings is 2. The van der Waals surface area contributed by atoms with Gasteiger partial charge in [0, 0.05) is 65.1 Å². The predicted molar refractivity (Wildman–Crippen MR) is 116 cm³/mol. The molecule has 0 N–H and O–H groups in total. The van der Waals surface area contributed by atoms with E-state index >= 15 is 0 Å². The molecule has 5 nitrogen and oxygen atoms in total. The summed E-state index contributed by atoms with van der Waals surface area (Å²) in [5.74, 6) is 0.890. The molecule has 2 aromatic carbocycles. The number of hydrogen-bond donors (Lipinski definition) is 0. The molecule has 0 aliphatic heterocycles. The molecule has 0 aliphatic rings. The number of alkyl halides is 2. The van der Waals surface area contributed by atoms with Crippen LogP contribution < -0.4 is 9.47 Å². The summed E-state index contributed by atoms with van der Waals surface area (Å²) in [5.41, 5.74) is 3.88. The quantitative estimate of drug-likeness (QED) is 0.305. The van der Waals surface area contributed by atoms with Gasteiger partial charge in [0.15, 0.2) is 0 Å². The number of methoxy groups -OCH3 is 1. The molecular formula is C19H16F2IN3O2S. The fraction of sp³-hybridized carbons (Fsp3) is 0.211. The summed E-state index contributed by atoms with van der Waals surface area (Å²) in [6, 6.07) is 8.86. The van der Waals surface area contributed by atoms with Crippen molar-refractivity contribution in [1.82, 2.24) is 13.8 Å². The smallest absolute Gasteiger partial charge is 0.387 e. The minimum atomic E-state index is -2.86. The van der Waals surface area contributed by atoms with E-state index in [1.54, 1.807) is 27.0 Å². The summed E-state index contributed by atoms with van der Waals surface area (Å²) in [4.78, 5) is 0. The van der Waals surface area contributed by atoms with Crippen molar-refractivity contribution in [3.63, 3.8) is 0 Å². The SMILES string of the molecule is COc1cc(C)c2c(ccn2SI)c1Cn1cc2ccc(OC(F)F)cc2n1. The van der Waals surface area contributed by atoms with Gasteiger partial charge in [-0.3, -0.25) is 8.65 Å². The van der Waals surface area contributed by atoms with Gasteiger partial charge in [0.2, 0.25) is 0 Å². The first kappa shape index (κ1) is 19.3. The van der Waals surface area contributed by atoms with Gasteiger partial charge in [-0.2, -0.15) is 13.9 Å². The summed E-state index contributed by atoms with van der Waals surface area (Å²) in [7, 11) is 3.26. The van der Waals surface area contributed by atoms with E-state index in [2.05, 4.69) is 48.0 Å². The average molecular weight is 515 g/mol. The van der Waals surface area contributed by atoms with Crippen molar-refractivity contribution in [3.05, 3.63) is 53.9 Å². The molecule has 0 spiro atoms. The Morgan fingerprint density at radius 1 is 1.25 bits per heavy atom. The Balaban J connectivity index is 1.77. The predicted octanol–water partition coefficient (Wildman–Crippen LogP) is 5.80. The Bertz CT molecular complexity index is 1160. The number of hydrogen-bond acceptors (Lipinski definition) is 4. The van der Waals surface area contributed by atoms with Crippen LogP contribution in [0.5, 0.6) is 11.5 Å². The zero-order valence-corrected chi connectivity index (χ0v) is 18.0. The first-order valence-electron chi connectivity index (χ1n) is 8.38. The lowest BCUT2D eigenvalue weighted by Crippen LogP contribution is -2.04. The van der Waals surface area contributed by atoms with Crippen molar-refractivity contribution in [2.75, 3.05) is 7.11 Å². The molecule has 4 rings (SSSR count). The van der Waals surface area contributed by atoms with Crippen molar-refractivity contribution in [2.45, 2.75) is 20.1 Å². The highest BCUT2D eigenvalue weighted by atomic mass is 127. The second-order valence-electron chi connectivity index (χ2n) is 6.27. The lowest BCUT2D eigenvalue weighted by atomic mass is 10.0. The van der Waals surface area contributed by atoms with Crippen LogP contribution in [0.25, 0.3) is 21.8 Å². The second-order valence-corrected chi connectivity index (χ2v) is 7.99. The van der Waals surface area contributed by atoms with Crippen molar-refractivity contribution in [3.8, 4) is 11.5 Å². The number of ether oxygens (including phenoxy) is 2. The Morgan fingerprint density at radius 2 is 2.07 bits per heavy atom. The minimum Gasteiger partial charge on any atom is -0.496 e. The van der Waals surface area contributed by atoms with Crippen LogP contribution in [0.1, 0.15) is 11.1 Å². The molecular weight excluding hydrogens is 499 g/mol. The summed E-state index contributed by atoms with van der Waals surface area (Å²) in [5, 5.41) is 6.48. The van der Waals surface area contributed by atoms with Crippen molar-refractivity contribution >= 4 is 52.1 Å². The van der Waals surface area contributed by atoms with Crippen LogP contribution >= 0.6 is 30.3 Å². The van der Waals surface area contributed by atoms with Crippen LogP contribution in [0.3, 0.4) is 0 Å². The van der Waals surface area contributed by atoms with Crippen LogP contribution in [-0.4, -0.2) is 27.5 Å². The molecule has 0 atom stereocenters. The van der Waals surface area contributed by atoms with Crippen LogP contribution in [0.2, 0.25) is 0 Å². The molecule has 4 aromatic rings. The summed E-state index contributed by atoms with van der Waals surface area (Å²) >= 11 is 2.25. The second kappa shape index (κ2) is 7.78. The highest BCUT2D eigenvalue weighted by Gasteiger charge is 2.16. The Hall–Kier alpha value is -2.01. The lowest BCUT2D eigenvalue weighted by Gasteiger charge is -2.13. The molecule has 2 aromatic heterocycles. The Morgan fingerprint density at radius 3 is 2.79 bits per heavy atom. The van der Waals surface area contributed by atoms with Crippen LogP contribution in [0.15, 0.2) is 42.7 Å². The van der Waals surface area contributed by atoms with Gasteiger partial charge in [-0.15, -0.1) is 0 Å². The lowest BCUT2D eigenvalue weighted by molar-refractivity contribution is -0.0497. The molecule has 146 valence electrons. The fourth-order valence-electron chi connectivity index (χ4n) is 3.40. The first-order valence-corrected chi connectivity index (χ1v) is 11.7. The molecule has 2 heterocycles. The molecule has 0 amide bonds. The van der Waals surface area contributed by atoms with Crippen LogP contribution in [0, 0.1) is 6.92 Å². The zero-order chi connectivity index (χ0) is 19.8. The van der Waals surface area contributed by atoms with Crippen molar-refractivity contribution in [2.24, 2.45) is 0 Å². The maximum absolute atomic E-state index is 12.4. The number of halogens is 3. The third-order valence-electron chi connectivity index (χ3n) is 4.56. The molecule has 0 bridgehead atoms. The van der Waals surface area contributed by atoms with E-state index < -0.39 is 6.61 Å². The first-order chi connectivity index (χ1) is 13.5. The minimum absolute atomic E-state index is 0.0965. The normalized spacial score (nSPS) is 11.6. The van der Waals surface area contributed by atoms with E-state index in [0.717, 1.165) is 33.2 Å². The average Bonchev–Trinajstić information content (AvgIpc) is 3.26. The van der Waals surface area contributed by atoms with Gasteiger partial charge in [0.1, 0.15) is 11.5 Å². The van der Waals surface area contributed by atoms with E-state index in [9.17, 15) is 8.78 Å². The van der Waals surface area contributed by atoms with Crippen LogP contribution in [-0.2, 0) is 6.54 Å². The number of aromatic nitrogens is 3. The monoisotopic (exact) mass is 515 g/mol. The molecule has 0 aliphatic carbocycles. The summed E-state index contributed by atoms with van der Waals surface area (Å²) in [6.07, 6.45) is 3.92. The number of fused-ring (bicyclic) bond motifs is 2. The number of nitrogens with zero attached hydrogens (tertiary/aromatic N) is 3. The molecule has 0 unspecified atom stereocenters. The molecule has 0 fully saturated rings. The summed E-state index contributed by atoms with van der Waals surface area (Å²) < 4.78 is 38.9. The Labute approximate surface area is 176 Å². The molecule has 28 heavy (non-hydrogen) atoms. The van der Waals surface area contributed by atoms with E-state index in [1.165, 1.54) is 12.1 Å². The largest absolute Gasteiger partial charge is 0.496 e. The van der Waals surface area contributed by atoms with Gasteiger partial charge >= 0.3 is 6.61 Å². The highest BCUT2D eigenvalue weighted by molar-refractivity contribution is 14.2. The van der Waals surface area contributed by atoms with Gasteiger partial charge < -0.3 is 9.47 Å². The zero-order valence-electron chi connectivity index (χ0n) is 15.0. The van der Waals surface area contributed by atoms with E-state index in [0.29, 0.717) is 12.1 Å². The molecule has 0 saturated heterocycles. The maximum atomic E-state index is 12.4. The van der Waals surface area contributed by atoms with E-state index in [-0.39, 0.29) is 5.75 Å². The summed E-state index contributed by atoms with van der Waals surface area (Å²) in [6.45, 7) is -0.301. The van der Waals surface area contributed by atoms with Gasteiger partial charge in [-0.25, -0.2) is 0 Å². The van der Waals surface area contributed by atoms with E-state index in [4.69, 9.17) is 4.74 Å². The fourth-order valence-corrected chi connectivity index (χ4v) is 4.80. The third kappa shape index (κ3) is 3.52. The van der Waals surface area contributed by atoms with Gasteiger partial charge in [-0.1, -0.05) is 0 Å². The topological polar surface area (TPSA) is 41.2 Å². The molecule has 9 heteroatoms. The number of rotatable bonds is 6. The van der Waals surface area contributed by atoms with Crippen molar-refractivity contribution in [1.29, 1.82) is 0 Å². The number of aryl methyl sites for hydroxylation is 1. The van der Waals surface area contributed by atoms with Gasteiger partial charge in [0.25, 0.3) is 0 Å². The Kier molecular flexibility index (Phi) is 5.37. The maximum Gasteiger partial charge on any atom is 0.387 e. The molecule has 0 saturated carbocycles. The van der Waals surface area contributed by atoms with Gasteiger partial charge in [0.05, 0.1) is 24.7 Å². The third-order valence-corrected chi connectivity index (χ3v) is 6.29. The molecule has 0 radical (unpaired) electrons. The van der Waals surface area contributed by atoms with Gasteiger partial charge in [-0.05, 0) is 36.8 Å². The van der Waals surface area contributed by atoms with Crippen LogP contribution in [0.4, 0.5) is 8.78 Å².